The van der Waals surface area contributed by atoms with Crippen LogP contribution in [0.5, 0.6) is 0 Å². The fourth-order valence-electron chi connectivity index (χ4n) is 8.14. The number of carbonyl (C=O) groups is 2. The molecule has 0 saturated heterocycles. The van der Waals surface area contributed by atoms with Gasteiger partial charge in [-0.2, -0.15) is 0 Å². The molecule has 0 spiro atoms. The summed E-state index contributed by atoms with van der Waals surface area (Å²) >= 11 is 0. The van der Waals surface area contributed by atoms with Crippen molar-refractivity contribution in [3.05, 3.63) is 72.9 Å². The Morgan fingerprint density at radius 3 is 1.35 bits per heavy atom. The van der Waals surface area contributed by atoms with Crippen molar-refractivity contribution in [2.45, 2.75) is 264 Å². The van der Waals surface area contributed by atoms with Gasteiger partial charge in [-0.3, -0.25) is 14.2 Å². The number of rotatable bonds is 52. The maximum atomic E-state index is 13.4. The van der Waals surface area contributed by atoms with Gasteiger partial charge in [0, 0.05) is 12.8 Å². The van der Waals surface area contributed by atoms with E-state index in [9.17, 15) is 19.0 Å². The number of unbranched alkanes of at least 4 members (excludes halogenated alkanes) is 26. The third-order valence-electron chi connectivity index (χ3n) is 12.7. The number of ether oxygens (including phenoxy) is 1. The zero-order valence-corrected chi connectivity index (χ0v) is 47.8. The van der Waals surface area contributed by atoms with Crippen LogP contribution in [0.2, 0.25) is 0 Å². The molecule has 0 rings (SSSR count). The summed E-state index contributed by atoms with van der Waals surface area (Å²) in [7, 11) is 1.17. The second-order valence-corrected chi connectivity index (χ2v) is 22.2. The standard InChI is InChI=1S/C61H111N2O7P/c1-7-10-13-16-19-22-25-27-28-29-30-31-32-33-34-36-39-42-45-48-51-54-61(65)70-59(52-49-46-43-40-38-35-26-23-20-17-14-11-8-2)58(57-69-71(66,67)68-56-55-63(4,5)6)62-60(64)53-50-47-44-41-37-24-21-18-15-12-9-3/h10,13,19,22,27-28,30-31,33-34,49,52,58-59H,7-9,11-12,14-18,20-21,23-26,29,32,35-48,50-51,53-57H2,1-6H3,(H-,62,64,66,67)/b13-10-,22-19-,28-27-,31-30-,34-33-,52-49-. The number of nitrogens with one attached hydrogen (secondary N) is 1. The first-order chi connectivity index (χ1) is 34.4. The lowest BCUT2D eigenvalue weighted by atomic mass is 10.0. The number of likely N-dealkylation sites (N-methyl/N-ethyl adjacent to an activating group) is 1. The van der Waals surface area contributed by atoms with Crippen LogP contribution < -0.4 is 10.2 Å². The summed E-state index contributed by atoms with van der Waals surface area (Å²) in [6, 6.07) is -0.895. The second-order valence-electron chi connectivity index (χ2n) is 20.8. The lowest BCUT2D eigenvalue weighted by Gasteiger charge is -2.30. The Kier molecular flexibility index (Phi) is 49.1. The van der Waals surface area contributed by atoms with Crippen LogP contribution in [0.1, 0.15) is 252 Å². The third kappa shape index (κ3) is 52.1. The number of quaternary nitrogens is 1. The maximum Gasteiger partial charge on any atom is 0.306 e. The Labute approximate surface area is 438 Å². The number of amides is 1. The average molecular weight is 1020 g/mol. The molecule has 0 fully saturated rings. The van der Waals surface area contributed by atoms with Gasteiger partial charge in [-0.1, -0.05) is 235 Å². The van der Waals surface area contributed by atoms with Gasteiger partial charge >= 0.3 is 5.97 Å². The van der Waals surface area contributed by atoms with Crippen molar-refractivity contribution in [3.63, 3.8) is 0 Å². The van der Waals surface area contributed by atoms with Crippen molar-refractivity contribution in [2.24, 2.45) is 0 Å². The molecule has 412 valence electrons. The Balaban J connectivity index is 5.32. The molecule has 0 aromatic rings. The molecular weight excluding hydrogens is 904 g/mol. The van der Waals surface area contributed by atoms with E-state index in [0.29, 0.717) is 23.9 Å². The van der Waals surface area contributed by atoms with Crippen molar-refractivity contribution in [3.8, 4) is 0 Å². The summed E-state index contributed by atoms with van der Waals surface area (Å²) in [6.07, 6.45) is 64.3. The first-order valence-electron chi connectivity index (χ1n) is 29.2. The zero-order chi connectivity index (χ0) is 52.2. The molecule has 0 aromatic heterocycles. The van der Waals surface area contributed by atoms with Crippen LogP contribution in [-0.2, 0) is 27.9 Å². The Morgan fingerprint density at radius 2 is 0.901 bits per heavy atom. The molecule has 0 aromatic carbocycles. The van der Waals surface area contributed by atoms with Gasteiger partial charge in [-0.05, 0) is 76.7 Å². The molecule has 3 unspecified atom stereocenters. The van der Waals surface area contributed by atoms with Crippen LogP contribution in [0.4, 0.5) is 0 Å². The van der Waals surface area contributed by atoms with Gasteiger partial charge in [0.1, 0.15) is 19.3 Å². The van der Waals surface area contributed by atoms with E-state index < -0.39 is 26.6 Å². The summed E-state index contributed by atoms with van der Waals surface area (Å²) in [4.78, 5) is 39.8. The summed E-state index contributed by atoms with van der Waals surface area (Å²) in [5.41, 5.74) is 0. The number of phosphoric ester groups is 1. The molecule has 0 saturated carbocycles. The Bertz CT molecular complexity index is 1450. The average Bonchev–Trinajstić information content (AvgIpc) is 3.33. The number of hydrogen-bond donors (Lipinski definition) is 1. The number of nitrogens with zero attached hydrogens (tertiary/aromatic N) is 1. The van der Waals surface area contributed by atoms with Crippen LogP contribution in [-0.4, -0.2) is 69.4 Å². The Hall–Kier alpha value is -2.55. The predicted octanol–water partition coefficient (Wildman–Crippen LogP) is 17.0. The summed E-state index contributed by atoms with van der Waals surface area (Å²) in [5.74, 6) is -0.562. The quantitative estimate of drug-likeness (QED) is 0.0212. The van der Waals surface area contributed by atoms with Crippen LogP contribution in [0.15, 0.2) is 72.9 Å². The molecule has 10 heteroatoms. The molecule has 3 atom stereocenters. The first-order valence-corrected chi connectivity index (χ1v) is 30.7. The van der Waals surface area contributed by atoms with E-state index in [1.54, 1.807) is 0 Å². The number of phosphoric acid groups is 1. The molecule has 0 aliphatic rings. The topological polar surface area (TPSA) is 114 Å². The first kappa shape index (κ1) is 68.5. The summed E-state index contributed by atoms with van der Waals surface area (Å²) in [5, 5.41) is 3.01. The lowest BCUT2D eigenvalue weighted by Crippen LogP contribution is -2.47. The van der Waals surface area contributed by atoms with Gasteiger partial charge in [0.05, 0.1) is 33.8 Å². The number of esters is 1. The van der Waals surface area contributed by atoms with E-state index in [2.05, 4.69) is 86.8 Å². The maximum absolute atomic E-state index is 13.4. The van der Waals surface area contributed by atoms with Crippen molar-refractivity contribution in [2.75, 3.05) is 40.9 Å². The third-order valence-corrected chi connectivity index (χ3v) is 13.6. The van der Waals surface area contributed by atoms with E-state index in [1.165, 1.54) is 109 Å². The van der Waals surface area contributed by atoms with Gasteiger partial charge < -0.3 is 28.5 Å². The monoisotopic (exact) mass is 1010 g/mol. The highest BCUT2D eigenvalue weighted by molar-refractivity contribution is 7.45. The minimum Gasteiger partial charge on any atom is -0.756 e. The second kappa shape index (κ2) is 51.0. The largest absolute Gasteiger partial charge is 0.756 e. The predicted molar refractivity (Wildman–Crippen MR) is 302 cm³/mol. The van der Waals surface area contributed by atoms with E-state index in [1.807, 2.05) is 33.3 Å². The molecule has 1 amide bonds. The SMILES string of the molecule is CC/C=C\C/C=C\C/C=C\C/C=C\C/C=C\CCCCCCCC(=O)OC(/C=C\CCCCCCCCCCCCC)C(COP(=O)([O-])OCC[N+](C)(C)C)NC(=O)CCCCCCCCCCCCC. The fraction of sp³-hybridized carbons (Fsp3) is 0.770. The van der Waals surface area contributed by atoms with Crippen LogP contribution >= 0.6 is 7.82 Å². The molecular formula is C61H111N2O7P. The summed E-state index contributed by atoms with van der Waals surface area (Å²) in [6.45, 7) is 6.71. The van der Waals surface area contributed by atoms with Gasteiger partial charge in [-0.25, -0.2) is 0 Å². The summed E-state index contributed by atoms with van der Waals surface area (Å²) < 4.78 is 30.2. The van der Waals surface area contributed by atoms with E-state index in [4.69, 9.17) is 13.8 Å². The lowest BCUT2D eigenvalue weighted by molar-refractivity contribution is -0.870. The van der Waals surface area contributed by atoms with Gasteiger partial charge in [0.15, 0.2) is 0 Å². The molecule has 0 radical (unpaired) electrons. The normalized spacial score (nSPS) is 14.3. The molecule has 9 nitrogen and oxygen atoms in total. The van der Waals surface area contributed by atoms with Crippen LogP contribution in [0.25, 0.3) is 0 Å². The minimum absolute atomic E-state index is 0.0270. The molecule has 0 aliphatic carbocycles. The van der Waals surface area contributed by atoms with Crippen molar-refractivity contribution < 1.29 is 37.3 Å². The van der Waals surface area contributed by atoms with Crippen molar-refractivity contribution >= 4 is 19.7 Å². The highest BCUT2D eigenvalue weighted by Crippen LogP contribution is 2.38. The number of allylic oxidation sites excluding steroid dienone is 11. The van der Waals surface area contributed by atoms with Crippen LogP contribution in [0.3, 0.4) is 0 Å². The van der Waals surface area contributed by atoms with E-state index in [-0.39, 0.29) is 24.9 Å². The van der Waals surface area contributed by atoms with Crippen molar-refractivity contribution in [1.29, 1.82) is 0 Å². The fourth-order valence-corrected chi connectivity index (χ4v) is 8.86. The molecule has 0 heterocycles. The van der Waals surface area contributed by atoms with E-state index in [0.717, 1.165) is 103 Å². The molecule has 0 aliphatic heterocycles. The number of hydrogen-bond acceptors (Lipinski definition) is 7. The van der Waals surface area contributed by atoms with Gasteiger partial charge in [-0.15, -0.1) is 0 Å². The molecule has 71 heavy (non-hydrogen) atoms. The van der Waals surface area contributed by atoms with E-state index >= 15 is 0 Å². The van der Waals surface area contributed by atoms with Gasteiger partial charge in [0.2, 0.25) is 5.91 Å². The number of carbonyl (C=O) groups excluding carboxylic acids is 2. The smallest absolute Gasteiger partial charge is 0.306 e. The highest BCUT2D eigenvalue weighted by Gasteiger charge is 2.27. The van der Waals surface area contributed by atoms with Crippen molar-refractivity contribution in [1.82, 2.24) is 5.32 Å². The Morgan fingerprint density at radius 1 is 0.507 bits per heavy atom. The molecule has 1 N–H and O–H groups in total. The minimum atomic E-state index is -4.70. The highest BCUT2D eigenvalue weighted by atomic mass is 31.2. The molecule has 0 bridgehead atoms. The van der Waals surface area contributed by atoms with Gasteiger partial charge in [0.25, 0.3) is 7.82 Å². The zero-order valence-electron chi connectivity index (χ0n) is 46.9. The van der Waals surface area contributed by atoms with Crippen LogP contribution in [0, 0.1) is 0 Å².